The lowest BCUT2D eigenvalue weighted by molar-refractivity contribution is 0.249. The van der Waals surface area contributed by atoms with Gasteiger partial charge in [-0.3, -0.25) is 9.69 Å². The van der Waals surface area contributed by atoms with E-state index in [-0.39, 0.29) is 12.1 Å². The molecule has 0 spiro atoms. The van der Waals surface area contributed by atoms with Gasteiger partial charge in [0.2, 0.25) is 0 Å². The molecule has 0 atom stereocenters. The Labute approximate surface area is 236 Å². The summed E-state index contributed by atoms with van der Waals surface area (Å²) in [5.41, 5.74) is 5.05. The molecule has 2 aromatic carbocycles. The van der Waals surface area contributed by atoms with E-state index < -0.39 is 0 Å². The smallest absolute Gasteiger partial charge is 0.250 e. The SMILES string of the molecule is COc1ccc(-c2c(Cl)c(Cn3ccccc3=O)nc3sc4c(c23)CCN(Cc2ccccc2)C4)cc1OC. The lowest BCUT2D eigenvalue weighted by Gasteiger charge is -2.27. The largest absolute Gasteiger partial charge is 0.493 e. The van der Waals surface area contributed by atoms with Crippen molar-refractivity contribution in [3.63, 3.8) is 0 Å². The topological polar surface area (TPSA) is 56.6 Å². The highest BCUT2D eigenvalue weighted by atomic mass is 35.5. The number of aromatic nitrogens is 2. The maximum absolute atomic E-state index is 12.5. The van der Waals surface area contributed by atoms with Gasteiger partial charge in [-0.1, -0.05) is 54.1 Å². The fourth-order valence-electron chi connectivity index (χ4n) is 5.30. The predicted octanol–water partition coefficient (Wildman–Crippen LogP) is 6.40. The minimum atomic E-state index is -0.0924. The van der Waals surface area contributed by atoms with Crippen molar-refractivity contribution in [2.45, 2.75) is 26.1 Å². The van der Waals surface area contributed by atoms with Crippen molar-refractivity contribution in [3.05, 3.63) is 110 Å². The van der Waals surface area contributed by atoms with Gasteiger partial charge in [-0.2, -0.15) is 0 Å². The third-order valence-electron chi connectivity index (χ3n) is 7.22. The average molecular weight is 558 g/mol. The molecule has 0 saturated carbocycles. The fraction of sp³-hybridized carbons (Fsp3) is 0.226. The minimum Gasteiger partial charge on any atom is -0.493 e. The summed E-state index contributed by atoms with van der Waals surface area (Å²) in [6, 6.07) is 21.6. The van der Waals surface area contributed by atoms with E-state index in [0.29, 0.717) is 22.2 Å². The highest BCUT2D eigenvalue weighted by Crippen LogP contribution is 2.46. The lowest BCUT2D eigenvalue weighted by atomic mass is 9.95. The number of hydrogen-bond acceptors (Lipinski definition) is 6. The molecule has 0 N–H and O–H groups in total. The molecular weight excluding hydrogens is 530 g/mol. The second-order valence-electron chi connectivity index (χ2n) is 9.61. The van der Waals surface area contributed by atoms with E-state index >= 15 is 0 Å². The number of fused-ring (bicyclic) bond motifs is 3. The number of ether oxygens (including phenoxy) is 2. The molecule has 0 bridgehead atoms. The molecule has 0 unspecified atom stereocenters. The molecular formula is C31H28ClN3O3S. The molecule has 6 rings (SSSR count). The van der Waals surface area contributed by atoms with E-state index in [4.69, 9.17) is 26.1 Å². The Hall–Kier alpha value is -3.65. The van der Waals surface area contributed by atoms with Gasteiger partial charge < -0.3 is 14.0 Å². The lowest BCUT2D eigenvalue weighted by Crippen LogP contribution is -2.29. The summed E-state index contributed by atoms with van der Waals surface area (Å²) < 4.78 is 12.7. The summed E-state index contributed by atoms with van der Waals surface area (Å²) in [5, 5.41) is 1.65. The summed E-state index contributed by atoms with van der Waals surface area (Å²) >= 11 is 8.90. The first-order chi connectivity index (χ1) is 19.1. The molecule has 6 nitrogen and oxygen atoms in total. The monoisotopic (exact) mass is 557 g/mol. The molecule has 1 aliphatic heterocycles. The van der Waals surface area contributed by atoms with Crippen molar-refractivity contribution in [1.29, 1.82) is 0 Å². The first kappa shape index (κ1) is 25.6. The Balaban J connectivity index is 1.49. The number of nitrogens with zero attached hydrogens (tertiary/aromatic N) is 3. The Kier molecular flexibility index (Phi) is 7.12. The summed E-state index contributed by atoms with van der Waals surface area (Å²) in [6.07, 6.45) is 2.68. The Morgan fingerprint density at radius 3 is 2.54 bits per heavy atom. The average Bonchev–Trinajstić information content (AvgIpc) is 3.31. The van der Waals surface area contributed by atoms with Crippen LogP contribution in [0, 0.1) is 0 Å². The Morgan fingerprint density at radius 2 is 1.77 bits per heavy atom. The predicted molar refractivity (Wildman–Crippen MR) is 157 cm³/mol. The van der Waals surface area contributed by atoms with Gasteiger partial charge in [-0.15, -0.1) is 11.3 Å². The number of rotatable bonds is 7. The van der Waals surface area contributed by atoms with Crippen molar-refractivity contribution in [2.75, 3.05) is 20.8 Å². The normalized spacial score (nSPS) is 13.4. The molecule has 5 aromatic rings. The van der Waals surface area contributed by atoms with Crippen LogP contribution in [-0.4, -0.2) is 35.2 Å². The number of benzene rings is 2. The third kappa shape index (κ3) is 4.93. The van der Waals surface area contributed by atoms with Crippen molar-refractivity contribution in [2.24, 2.45) is 0 Å². The molecule has 0 amide bonds. The summed E-state index contributed by atoms with van der Waals surface area (Å²) in [6.45, 7) is 3.02. The molecule has 39 heavy (non-hydrogen) atoms. The van der Waals surface area contributed by atoms with E-state index in [9.17, 15) is 4.79 Å². The summed E-state index contributed by atoms with van der Waals surface area (Å²) in [7, 11) is 3.26. The fourth-order valence-corrected chi connectivity index (χ4v) is 6.90. The maximum atomic E-state index is 12.5. The molecule has 0 saturated heterocycles. The molecule has 0 aliphatic carbocycles. The van der Waals surface area contributed by atoms with Crippen LogP contribution in [-0.2, 0) is 26.1 Å². The standard InChI is InChI=1S/C31H28ClN3O3S/c1-37-24-12-11-21(16-25(24)38-2)28-29-22-13-15-34(17-20-8-4-3-5-9-20)19-26(22)39-31(29)33-23(30(28)32)18-35-14-7-6-10-27(35)36/h3-12,14,16H,13,15,17-19H2,1-2H3. The van der Waals surface area contributed by atoms with E-state index in [0.717, 1.165) is 47.4 Å². The quantitative estimate of drug-likeness (QED) is 0.232. The van der Waals surface area contributed by atoms with Gasteiger partial charge in [-0.25, -0.2) is 4.98 Å². The van der Waals surface area contributed by atoms with Gasteiger partial charge in [0.25, 0.3) is 5.56 Å². The van der Waals surface area contributed by atoms with Crippen LogP contribution in [0.1, 0.15) is 21.7 Å². The number of pyridine rings is 2. The first-order valence-electron chi connectivity index (χ1n) is 12.8. The number of methoxy groups -OCH3 is 2. The van der Waals surface area contributed by atoms with Crippen LogP contribution in [0.25, 0.3) is 21.3 Å². The van der Waals surface area contributed by atoms with Crippen molar-refractivity contribution < 1.29 is 9.47 Å². The van der Waals surface area contributed by atoms with E-state index in [1.165, 1.54) is 16.0 Å². The van der Waals surface area contributed by atoms with E-state index in [1.807, 2.05) is 24.3 Å². The van der Waals surface area contributed by atoms with E-state index in [1.54, 1.807) is 48.5 Å². The molecule has 198 valence electrons. The van der Waals surface area contributed by atoms with Crippen LogP contribution < -0.4 is 15.0 Å². The van der Waals surface area contributed by atoms with Crippen molar-refractivity contribution >= 4 is 33.2 Å². The zero-order chi connectivity index (χ0) is 26.9. The summed E-state index contributed by atoms with van der Waals surface area (Å²) in [4.78, 5) is 22.3. The van der Waals surface area contributed by atoms with Gasteiger partial charge in [0.15, 0.2) is 11.5 Å². The highest BCUT2D eigenvalue weighted by molar-refractivity contribution is 7.19. The molecule has 0 fully saturated rings. The van der Waals surface area contributed by atoms with Crippen LogP contribution in [0.4, 0.5) is 0 Å². The Bertz CT molecular complexity index is 1710. The van der Waals surface area contributed by atoms with Crippen molar-refractivity contribution in [1.82, 2.24) is 14.5 Å². The van der Waals surface area contributed by atoms with Gasteiger partial charge in [0.1, 0.15) is 4.83 Å². The summed E-state index contributed by atoms with van der Waals surface area (Å²) in [5.74, 6) is 1.29. The molecule has 0 radical (unpaired) electrons. The van der Waals surface area contributed by atoms with Crippen LogP contribution in [0.3, 0.4) is 0 Å². The van der Waals surface area contributed by atoms with Crippen LogP contribution in [0.15, 0.2) is 77.7 Å². The van der Waals surface area contributed by atoms with Gasteiger partial charge in [-0.05, 0) is 41.3 Å². The van der Waals surface area contributed by atoms with Crippen molar-refractivity contribution in [3.8, 4) is 22.6 Å². The van der Waals surface area contributed by atoms with Gasteiger partial charge in [0.05, 0.1) is 31.5 Å². The molecule has 8 heteroatoms. The molecule has 3 aromatic heterocycles. The second kappa shape index (κ2) is 10.8. The number of thiophene rings is 1. The Morgan fingerprint density at radius 1 is 0.974 bits per heavy atom. The molecule has 4 heterocycles. The number of halogens is 1. The zero-order valence-electron chi connectivity index (χ0n) is 21.8. The number of hydrogen-bond donors (Lipinski definition) is 0. The zero-order valence-corrected chi connectivity index (χ0v) is 23.4. The maximum Gasteiger partial charge on any atom is 0.250 e. The minimum absolute atomic E-state index is 0.0924. The van der Waals surface area contributed by atoms with Crippen LogP contribution in [0.5, 0.6) is 11.5 Å². The highest BCUT2D eigenvalue weighted by Gasteiger charge is 2.27. The molecule has 1 aliphatic rings. The van der Waals surface area contributed by atoms with Gasteiger partial charge in [0, 0.05) is 47.7 Å². The van der Waals surface area contributed by atoms with E-state index in [2.05, 4.69) is 35.2 Å². The van der Waals surface area contributed by atoms with Crippen LogP contribution >= 0.6 is 22.9 Å². The second-order valence-corrected chi connectivity index (χ2v) is 11.1. The van der Waals surface area contributed by atoms with Crippen LogP contribution in [0.2, 0.25) is 5.02 Å². The first-order valence-corrected chi connectivity index (χ1v) is 14.0. The third-order valence-corrected chi connectivity index (χ3v) is 8.73. The van der Waals surface area contributed by atoms with Gasteiger partial charge >= 0.3 is 0 Å².